The van der Waals surface area contributed by atoms with Crippen molar-refractivity contribution in [1.82, 2.24) is 9.38 Å². The van der Waals surface area contributed by atoms with E-state index in [2.05, 4.69) is 4.98 Å². The number of alkyl halides is 3. The van der Waals surface area contributed by atoms with Crippen molar-refractivity contribution in [3.63, 3.8) is 0 Å². The molecule has 0 saturated carbocycles. The van der Waals surface area contributed by atoms with Crippen molar-refractivity contribution < 1.29 is 13.2 Å². The van der Waals surface area contributed by atoms with Crippen molar-refractivity contribution >= 4 is 17.1 Å². The van der Waals surface area contributed by atoms with Gasteiger partial charge < -0.3 is 4.40 Å². The molecule has 0 N–H and O–H groups in total. The molecule has 0 aliphatic rings. The van der Waals surface area contributed by atoms with E-state index in [0.717, 1.165) is 23.2 Å². The van der Waals surface area contributed by atoms with Gasteiger partial charge in [-0.2, -0.15) is 13.2 Å². The Morgan fingerprint density at radius 1 is 0.885 bits per heavy atom. The van der Waals surface area contributed by atoms with E-state index in [1.165, 1.54) is 6.07 Å². The van der Waals surface area contributed by atoms with Crippen LogP contribution in [0, 0.1) is 0 Å². The first-order chi connectivity index (χ1) is 12.4. The molecule has 0 bridgehead atoms. The predicted molar refractivity (Wildman–Crippen MR) is 96.1 cm³/mol. The van der Waals surface area contributed by atoms with Crippen LogP contribution in [0.15, 0.2) is 73.1 Å². The molecule has 0 amide bonds. The molecule has 4 rings (SSSR count). The van der Waals surface area contributed by atoms with Crippen LogP contribution in [0.3, 0.4) is 0 Å². The highest BCUT2D eigenvalue weighted by Gasteiger charge is 2.30. The first-order valence-electron chi connectivity index (χ1n) is 7.82. The number of hydrogen-bond donors (Lipinski definition) is 0. The van der Waals surface area contributed by atoms with Crippen LogP contribution in [0.25, 0.3) is 28.0 Å². The standard InChI is InChI=1S/C20H12ClF3N2/c21-16-6-4-13(5-7-16)18-12-26-17(11-25-18)8-9-19(26)14-2-1-3-15(10-14)20(22,23)24/h1-12H. The fourth-order valence-electron chi connectivity index (χ4n) is 2.86. The number of benzene rings is 2. The Labute approximate surface area is 152 Å². The minimum atomic E-state index is -4.38. The van der Waals surface area contributed by atoms with Crippen molar-refractivity contribution in [1.29, 1.82) is 0 Å². The van der Waals surface area contributed by atoms with Gasteiger partial charge in [0.15, 0.2) is 0 Å². The molecular formula is C20H12ClF3N2. The zero-order chi connectivity index (χ0) is 18.3. The monoisotopic (exact) mass is 372 g/mol. The number of halogens is 4. The number of hydrogen-bond acceptors (Lipinski definition) is 1. The van der Waals surface area contributed by atoms with Crippen LogP contribution < -0.4 is 0 Å². The highest BCUT2D eigenvalue weighted by molar-refractivity contribution is 6.30. The van der Waals surface area contributed by atoms with Crippen molar-refractivity contribution in [2.75, 3.05) is 0 Å². The Bertz CT molecular complexity index is 1080. The average Bonchev–Trinajstić information content (AvgIpc) is 3.05. The van der Waals surface area contributed by atoms with Crippen LogP contribution in [0.4, 0.5) is 13.2 Å². The molecule has 0 radical (unpaired) electrons. The summed E-state index contributed by atoms with van der Waals surface area (Å²) in [5, 5.41) is 0.625. The third kappa shape index (κ3) is 3.06. The first kappa shape index (κ1) is 16.7. The fourth-order valence-corrected chi connectivity index (χ4v) is 2.99. The average molecular weight is 373 g/mol. The number of aromatic nitrogens is 2. The van der Waals surface area contributed by atoms with Gasteiger partial charge >= 0.3 is 6.18 Å². The Hall–Kier alpha value is -2.79. The quantitative estimate of drug-likeness (QED) is 0.401. The van der Waals surface area contributed by atoms with Crippen molar-refractivity contribution in [2.24, 2.45) is 0 Å². The minimum absolute atomic E-state index is 0.494. The summed E-state index contributed by atoms with van der Waals surface area (Å²) in [7, 11) is 0. The summed E-state index contributed by atoms with van der Waals surface area (Å²) in [6, 6.07) is 16.2. The third-order valence-electron chi connectivity index (χ3n) is 4.16. The van der Waals surface area contributed by atoms with E-state index in [4.69, 9.17) is 11.6 Å². The van der Waals surface area contributed by atoms with Gasteiger partial charge in [0.1, 0.15) is 0 Å². The van der Waals surface area contributed by atoms with E-state index in [0.29, 0.717) is 22.0 Å². The highest BCUT2D eigenvalue weighted by Crippen LogP contribution is 2.33. The zero-order valence-corrected chi connectivity index (χ0v) is 14.1. The minimum Gasteiger partial charge on any atom is -0.313 e. The summed E-state index contributed by atoms with van der Waals surface area (Å²) in [6.07, 6.45) is -0.867. The lowest BCUT2D eigenvalue weighted by Crippen LogP contribution is -2.04. The maximum Gasteiger partial charge on any atom is 0.416 e. The van der Waals surface area contributed by atoms with Gasteiger partial charge in [0.2, 0.25) is 0 Å². The maximum atomic E-state index is 13.0. The SMILES string of the molecule is FC(F)(F)c1cccc(-c2ccc3cnc(-c4ccc(Cl)cc4)cn23)c1. The molecule has 2 aromatic carbocycles. The molecule has 0 saturated heterocycles. The molecule has 0 fully saturated rings. The molecule has 26 heavy (non-hydrogen) atoms. The van der Waals surface area contributed by atoms with E-state index in [9.17, 15) is 13.2 Å². The van der Waals surface area contributed by atoms with Gasteiger partial charge in [-0.15, -0.1) is 0 Å². The zero-order valence-electron chi connectivity index (χ0n) is 13.3. The number of fused-ring (bicyclic) bond motifs is 1. The molecule has 0 spiro atoms. The van der Waals surface area contributed by atoms with Crippen molar-refractivity contribution in [3.8, 4) is 22.5 Å². The molecule has 2 aromatic heterocycles. The first-order valence-corrected chi connectivity index (χ1v) is 8.20. The van der Waals surface area contributed by atoms with Crippen LogP contribution in [0.5, 0.6) is 0 Å². The Morgan fingerprint density at radius 3 is 2.38 bits per heavy atom. The second-order valence-corrected chi connectivity index (χ2v) is 6.31. The molecule has 6 heteroatoms. The second-order valence-electron chi connectivity index (χ2n) is 5.87. The van der Waals surface area contributed by atoms with Gasteiger partial charge in [-0.05, 0) is 42.0 Å². The number of nitrogens with zero attached hydrogens (tertiary/aromatic N) is 2. The molecule has 2 nitrogen and oxygen atoms in total. The second kappa shape index (κ2) is 6.18. The van der Waals surface area contributed by atoms with Gasteiger partial charge in [0.05, 0.1) is 28.7 Å². The third-order valence-corrected chi connectivity index (χ3v) is 4.41. The normalized spacial score (nSPS) is 11.8. The van der Waals surface area contributed by atoms with Gasteiger partial charge in [0, 0.05) is 16.8 Å². The molecule has 130 valence electrons. The van der Waals surface area contributed by atoms with Gasteiger partial charge in [-0.1, -0.05) is 35.9 Å². The Morgan fingerprint density at radius 2 is 1.65 bits per heavy atom. The van der Waals surface area contributed by atoms with Crippen LogP contribution in [-0.4, -0.2) is 9.38 Å². The van der Waals surface area contributed by atoms with Crippen LogP contribution >= 0.6 is 11.6 Å². The molecular weight excluding hydrogens is 361 g/mol. The topological polar surface area (TPSA) is 17.3 Å². The lowest BCUT2D eigenvalue weighted by Gasteiger charge is -2.10. The fraction of sp³-hybridized carbons (Fsp3) is 0.0500. The molecule has 2 heterocycles. The molecule has 0 atom stereocenters. The van der Waals surface area contributed by atoms with E-state index in [1.54, 1.807) is 30.5 Å². The Kier molecular flexibility index (Phi) is 3.96. The molecule has 4 aromatic rings. The lowest BCUT2D eigenvalue weighted by atomic mass is 10.1. The Balaban J connectivity index is 1.84. The van der Waals surface area contributed by atoms with E-state index in [-0.39, 0.29) is 0 Å². The smallest absolute Gasteiger partial charge is 0.313 e. The summed E-state index contributed by atoms with van der Waals surface area (Å²) in [6.45, 7) is 0. The number of rotatable bonds is 2. The van der Waals surface area contributed by atoms with Crippen LogP contribution in [-0.2, 0) is 6.18 Å². The van der Waals surface area contributed by atoms with Crippen molar-refractivity contribution in [2.45, 2.75) is 6.18 Å². The van der Waals surface area contributed by atoms with Gasteiger partial charge in [-0.25, -0.2) is 0 Å². The van der Waals surface area contributed by atoms with Gasteiger partial charge in [-0.3, -0.25) is 4.98 Å². The largest absolute Gasteiger partial charge is 0.416 e. The summed E-state index contributed by atoms with van der Waals surface area (Å²) >= 11 is 5.92. The van der Waals surface area contributed by atoms with Crippen LogP contribution in [0.1, 0.15) is 5.56 Å². The molecule has 0 aliphatic carbocycles. The van der Waals surface area contributed by atoms with Crippen molar-refractivity contribution in [3.05, 3.63) is 83.6 Å². The van der Waals surface area contributed by atoms with Gasteiger partial charge in [0.25, 0.3) is 0 Å². The molecule has 0 unspecified atom stereocenters. The summed E-state index contributed by atoms with van der Waals surface area (Å²) in [5.41, 5.74) is 2.88. The predicted octanol–water partition coefficient (Wildman–Crippen LogP) is 6.34. The van der Waals surface area contributed by atoms with E-state index >= 15 is 0 Å². The maximum absolute atomic E-state index is 13.0. The highest BCUT2D eigenvalue weighted by atomic mass is 35.5. The summed E-state index contributed by atoms with van der Waals surface area (Å²) in [4.78, 5) is 4.43. The molecule has 0 aliphatic heterocycles. The van der Waals surface area contributed by atoms with E-state index in [1.807, 2.05) is 28.8 Å². The van der Waals surface area contributed by atoms with Crippen LogP contribution in [0.2, 0.25) is 5.02 Å². The summed E-state index contributed by atoms with van der Waals surface area (Å²) < 4.78 is 40.9. The summed E-state index contributed by atoms with van der Waals surface area (Å²) in [5.74, 6) is 0. The lowest BCUT2D eigenvalue weighted by molar-refractivity contribution is -0.137. The van der Waals surface area contributed by atoms with E-state index < -0.39 is 11.7 Å².